The molecule has 0 aliphatic carbocycles. The zero-order valence-corrected chi connectivity index (χ0v) is 16.5. The number of hydrogen-bond donors (Lipinski definition) is 1. The van der Waals surface area contributed by atoms with Gasteiger partial charge in [-0.25, -0.2) is 13.1 Å². The summed E-state index contributed by atoms with van der Waals surface area (Å²) in [4.78, 5) is 12.3. The molecule has 2 aromatic rings. The number of nitro groups is 1. The van der Waals surface area contributed by atoms with Crippen LogP contribution in [0.25, 0.3) is 0 Å². The molecule has 0 fully saturated rings. The van der Waals surface area contributed by atoms with Crippen molar-refractivity contribution in [3.8, 4) is 5.75 Å². The summed E-state index contributed by atoms with van der Waals surface area (Å²) >= 11 is 0. The Bertz CT molecular complexity index is 928. The minimum atomic E-state index is -3.91. The van der Waals surface area contributed by atoms with Crippen LogP contribution >= 0.6 is 0 Å². The van der Waals surface area contributed by atoms with Crippen LogP contribution in [0.5, 0.6) is 5.75 Å². The molecule has 0 heterocycles. The molecule has 0 aliphatic rings. The lowest BCUT2D eigenvalue weighted by molar-refractivity contribution is -0.385. The Balaban J connectivity index is 2.29. The Hall–Kier alpha value is -2.49. The molecule has 0 saturated carbocycles. The topological polar surface area (TPSA) is 102 Å². The highest BCUT2D eigenvalue weighted by Crippen LogP contribution is 2.26. The number of likely N-dealkylation sites (N-methyl/N-ethyl adjacent to an activating group) is 1. The van der Waals surface area contributed by atoms with E-state index in [2.05, 4.69) is 4.72 Å². The third-order valence-electron chi connectivity index (χ3n) is 4.31. The number of sulfonamides is 1. The van der Waals surface area contributed by atoms with E-state index >= 15 is 0 Å². The minimum absolute atomic E-state index is 0.0974. The largest absolute Gasteiger partial charge is 0.497 e. The van der Waals surface area contributed by atoms with Crippen LogP contribution in [0.1, 0.15) is 17.2 Å². The molecule has 0 bridgehead atoms. The molecule has 0 radical (unpaired) electrons. The van der Waals surface area contributed by atoms with Crippen LogP contribution in [0.2, 0.25) is 0 Å². The Labute approximate surface area is 159 Å². The van der Waals surface area contributed by atoms with E-state index in [1.807, 2.05) is 43.3 Å². The number of methoxy groups -OCH3 is 1. The van der Waals surface area contributed by atoms with Crippen molar-refractivity contribution in [2.24, 2.45) is 0 Å². The first-order chi connectivity index (χ1) is 12.7. The number of hydrogen-bond acceptors (Lipinski definition) is 6. The van der Waals surface area contributed by atoms with Crippen molar-refractivity contribution >= 4 is 15.7 Å². The summed E-state index contributed by atoms with van der Waals surface area (Å²) in [7, 11) is 1.34. The minimum Gasteiger partial charge on any atom is -0.497 e. The predicted molar refractivity (Wildman–Crippen MR) is 102 cm³/mol. The van der Waals surface area contributed by atoms with E-state index in [1.165, 1.54) is 25.1 Å². The monoisotopic (exact) mass is 393 g/mol. The first kappa shape index (κ1) is 20.8. The second-order valence-electron chi connectivity index (χ2n) is 6.27. The van der Waals surface area contributed by atoms with Crippen molar-refractivity contribution in [1.29, 1.82) is 0 Å². The average Bonchev–Trinajstić information content (AvgIpc) is 2.61. The predicted octanol–water partition coefficient (Wildman–Crippen LogP) is 2.49. The molecule has 1 atom stereocenters. The normalized spacial score (nSPS) is 12.8. The van der Waals surface area contributed by atoms with Gasteiger partial charge in [0.1, 0.15) is 5.75 Å². The maximum atomic E-state index is 12.7. The molecule has 8 nitrogen and oxygen atoms in total. The van der Waals surface area contributed by atoms with Gasteiger partial charge in [0.05, 0.1) is 16.9 Å². The summed E-state index contributed by atoms with van der Waals surface area (Å²) in [5.74, 6) is 0.678. The molecule has 2 aromatic carbocycles. The molecule has 0 unspecified atom stereocenters. The molecule has 0 aromatic heterocycles. The zero-order chi connectivity index (χ0) is 20.2. The van der Waals surface area contributed by atoms with Gasteiger partial charge in [0.2, 0.25) is 10.0 Å². The highest BCUT2D eigenvalue weighted by molar-refractivity contribution is 7.89. The molecule has 0 aliphatic heterocycles. The molecule has 0 spiro atoms. The van der Waals surface area contributed by atoms with Crippen LogP contribution in [-0.2, 0) is 10.0 Å². The summed E-state index contributed by atoms with van der Waals surface area (Å²) in [6.45, 7) is 1.53. The van der Waals surface area contributed by atoms with Gasteiger partial charge >= 0.3 is 0 Å². The maximum absolute atomic E-state index is 12.7. The molecule has 1 N–H and O–H groups in total. The summed E-state index contributed by atoms with van der Waals surface area (Å²) in [5.41, 5.74) is 0.769. The van der Waals surface area contributed by atoms with Gasteiger partial charge in [0.25, 0.3) is 5.69 Å². The Kier molecular flexibility index (Phi) is 6.53. The summed E-state index contributed by atoms with van der Waals surface area (Å²) in [6, 6.07) is 11.2. The molecule has 0 saturated heterocycles. The molecular weight excluding hydrogens is 370 g/mol. The standard InChI is InChI=1S/C18H23N3O5S/c1-13-16(21(22)23)9-6-10-18(13)27(24,25)19-12-17(20(2)3)14-7-5-8-15(11-14)26-4/h5-11,17,19H,12H2,1-4H3/t17-/m1/s1. The number of rotatable bonds is 8. The number of nitro benzene ring substituents is 1. The first-order valence-corrected chi connectivity index (χ1v) is 9.69. The molecule has 146 valence electrons. The van der Waals surface area contributed by atoms with Crippen molar-refractivity contribution in [2.75, 3.05) is 27.7 Å². The van der Waals surface area contributed by atoms with Crippen LogP contribution in [-0.4, -0.2) is 46.0 Å². The van der Waals surface area contributed by atoms with Crippen molar-refractivity contribution in [3.05, 3.63) is 63.7 Å². The second-order valence-corrected chi connectivity index (χ2v) is 8.00. The van der Waals surface area contributed by atoms with Gasteiger partial charge in [-0.15, -0.1) is 0 Å². The number of nitrogens with one attached hydrogen (secondary N) is 1. The van der Waals surface area contributed by atoms with Gasteiger partial charge in [-0.05, 0) is 44.8 Å². The summed E-state index contributed by atoms with van der Waals surface area (Å²) in [6.07, 6.45) is 0. The van der Waals surface area contributed by atoms with Gasteiger partial charge in [-0.1, -0.05) is 18.2 Å². The second kappa shape index (κ2) is 8.47. The lowest BCUT2D eigenvalue weighted by Crippen LogP contribution is -2.34. The lowest BCUT2D eigenvalue weighted by atomic mass is 10.1. The Morgan fingerprint density at radius 1 is 1.22 bits per heavy atom. The van der Waals surface area contributed by atoms with Crippen molar-refractivity contribution < 1.29 is 18.1 Å². The van der Waals surface area contributed by atoms with Crippen LogP contribution in [0.4, 0.5) is 5.69 Å². The third kappa shape index (κ3) is 4.82. The van der Waals surface area contributed by atoms with Gasteiger partial charge < -0.3 is 9.64 Å². The Morgan fingerprint density at radius 2 is 1.89 bits per heavy atom. The van der Waals surface area contributed by atoms with Crippen molar-refractivity contribution in [1.82, 2.24) is 9.62 Å². The quantitative estimate of drug-likeness (QED) is 0.546. The van der Waals surface area contributed by atoms with Crippen molar-refractivity contribution in [3.63, 3.8) is 0 Å². The molecule has 2 rings (SSSR count). The van der Waals surface area contributed by atoms with Crippen LogP contribution < -0.4 is 9.46 Å². The average molecular weight is 393 g/mol. The zero-order valence-electron chi connectivity index (χ0n) is 15.7. The fraction of sp³-hybridized carbons (Fsp3) is 0.333. The SMILES string of the molecule is COc1cccc([C@@H](CNS(=O)(=O)c2cccc([N+](=O)[O-])c2C)N(C)C)c1. The van der Waals surface area contributed by atoms with Gasteiger partial charge in [0.15, 0.2) is 0 Å². The first-order valence-electron chi connectivity index (χ1n) is 8.21. The van der Waals surface area contributed by atoms with E-state index in [-0.39, 0.29) is 28.7 Å². The fourth-order valence-electron chi connectivity index (χ4n) is 2.81. The van der Waals surface area contributed by atoms with E-state index in [9.17, 15) is 18.5 Å². The van der Waals surface area contributed by atoms with Crippen LogP contribution in [0.15, 0.2) is 47.4 Å². The van der Waals surface area contributed by atoms with Gasteiger partial charge in [0, 0.05) is 24.2 Å². The summed E-state index contributed by atoms with van der Waals surface area (Å²) in [5, 5.41) is 11.1. The van der Waals surface area contributed by atoms with Gasteiger partial charge in [-0.3, -0.25) is 10.1 Å². The molecule has 9 heteroatoms. The van der Waals surface area contributed by atoms with E-state index in [1.54, 1.807) is 7.11 Å². The lowest BCUT2D eigenvalue weighted by Gasteiger charge is -2.25. The fourth-order valence-corrected chi connectivity index (χ4v) is 4.10. The summed E-state index contributed by atoms with van der Waals surface area (Å²) < 4.78 is 33.3. The van der Waals surface area contributed by atoms with Crippen molar-refractivity contribution in [2.45, 2.75) is 17.9 Å². The van der Waals surface area contributed by atoms with E-state index in [0.717, 1.165) is 5.56 Å². The number of nitrogens with zero attached hydrogens (tertiary/aromatic N) is 2. The molecule has 27 heavy (non-hydrogen) atoms. The number of ether oxygens (including phenoxy) is 1. The van der Waals surface area contributed by atoms with E-state index in [4.69, 9.17) is 4.74 Å². The maximum Gasteiger partial charge on any atom is 0.273 e. The molecular formula is C18H23N3O5S. The van der Waals surface area contributed by atoms with Crippen LogP contribution in [0.3, 0.4) is 0 Å². The smallest absolute Gasteiger partial charge is 0.273 e. The highest BCUT2D eigenvalue weighted by atomic mass is 32.2. The highest BCUT2D eigenvalue weighted by Gasteiger charge is 2.24. The third-order valence-corrected chi connectivity index (χ3v) is 5.88. The van der Waals surface area contributed by atoms with Gasteiger partial charge in [-0.2, -0.15) is 0 Å². The van der Waals surface area contributed by atoms with E-state index < -0.39 is 14.9 Å². The Morgan fingerprint density at radius 3 is 2.48 bits per heavy atom. The van der Waals surface area contributed by atoms with E-state index in [0.29, 0.717) is 5.75 Å². The van der Waals surface area contributed by atoms with Crippen LogP contribution in [0, 0.1) is 17.0 Å². The number of benzene rings is 2. The molecule has 0 amide bonds.